The van der Waals surface area contributed by atoms with E-state index >= 15 is 0 Å². The summed E-state index contributed by atoms with van der Waals surface area (Å²) in [7, 11) is 0. The molecule has 0 radical (unpaired) electrons. The summed E-state index contributed by atoms with van der Waals surface area (Å²) in [5.41, 5.74) is 0. The minimum absolute atomic E-state index is 0.222. The summed E-state index contributed by atoms with van der Waals surface area (Å²) >= 11 is 0. The third-order valence-electron chi connectivity index (χ3n) is 1.84. The maximum atomic E-state index is 5.42. The Balaban J connectivity index is 2.07. The first-order valence-electron chi connectivity index (χ1n) is 3.34. The van der Waals surface area contributed by atoms with Crippen LogP contribution >= 0.6 is 0 Å². The fourth-order valence-electron chi connectivity index (χ4n) is 1.34. The van der Waals surface area contributed by atoms with Gasteiger partial charge in [-0.05, 0) is 0 Å². The van der Waals surface area contributed by atoms with Gasteiger partial charge in [-0.2, -0.15) is 0 Å². The molecule has 1 fully saturated rings. The predicted molar refractivity (Wildman–Crippen MR) is 33.0 cm³/mol. The molecule has 1 aliphatic heterocycles. The molecule has 0 aromatic rings. The van der Waals surface area contributed by atoms with Gasteiger partial charge in [0.2, 0.25) is 0 Å². The second kappa shape index (κ2) is 1.82. The highest BCUT2D eigenvalue weighted by atomic mass is 16.7. The molecular weight excluding hydrogens is 116 g/mol. The average Bonchev–Trinajstić information content (AvgIpc) is 2.45. The van der Waals surface area contributed by atoms with Gasteiger partial charge in [-0.1, -0.05) is 12.2 Å². The second-order valence-corrected chi connectivity index (χ2v) is 2.49. The molecule has 9 heavy (non-hydrogen) atoms. The van der Waals surface area contributed by atoms with E-state index < -0.39 is 0 Å². The first-order chi connectivity index (χ1) is 4.41. The van der Waals surface area contributed by atoms with Gasteiger partial charge in [0, 0.05) is 12.8 Å². The zero-order chi connectivity index (χ0) is 6.16. The van der Waals surface area contributed by atoms with Crippen LogP contribution in [0, 0.1) is 0 Å². The molecule has 1 saturated heterocycles. The molecule has 0 N–H and O–H groups in total. The normalized spacial score (nSPS) is 30.2. The van der Waals surface area contributed by atoms with Crippen molar-refractivity contribution in [3.8, 4) is 0 Å². The average molecular weight is 126 g/mol. The van der Waals surface area contributed by atoms with Crippen molar-refractivity contribution in [2.75, 3.05) is 13.2 Å². The number of hydrogen-bond acceptors (Lipinski definition) is 2. The highest BCUT2D eigenvalue weighted by Crippen LogP contribution is 2.32. The van der Waals surface area contributed by atoms with Gasteiger partial charge in [0.15, 0.2) is 5.79 Å². The van der Waals surface area contributed by atoms with E-state index in [1.807, 2.05) is 0 Å². The Hall–Kier alpha value is -0.340. The van der Waals surface area contributed by atoms with E-state index in [1.165, 1.54) is 0 Å². The van der Waals surface area contributed by atoms with Crippen molar-refractivity contribution in [2.24, 2.45) is 0 Å². The van der Waals surface area contributed by atoms with E-state index in [2.05, 4.69) is 12.2 Å². The molecule has 2 aliphatic rings. The van der Waals surface area contributed by atoms with E-state index in [0.717, 1.165) is 26.1 Å². The third-order valence-corrected chi connectivity index (χ3v) is 1.84. The van der Waals surface area contributed by atoms with E-state index in [9.17, 15) is 0 Å². The van der Waals surface area contributed by atoms with Crippen LogP contribution in [0.2, 0.25) is 0 Å². The largest absolute Gasteiger partial charge is 0.347 e. The maximum absolute atomic E-state index is 5.42. The monoisotopic (exact) mass is 126 g/mol. The van der Waals surface area contributed by atoms with E-state index in [4.69, 9.17) is 9.47 Å². The Morgan fingerprint density at radius 1 is 1.00 bits per heavy atom. The summed E-state index contributed by atoms with van der Waals surface area (Å²) < 4.78 is 10.8. The Kier molecular flexibility index (Phi) is 1.10. The molecule has 0 unspecified atom stereocenters. The molecule has 0 amide bonds. The maximum Gasteiger partial charge on any atom is 0.175 e. The Bertz CT molecular complexity index is 124. The van der Waals surface area contributed by atoms with Crippen LogP contribution in [-0.4, -0.2) is 19.0 Å². The van der Waals surface area contributed by atoms with Crippen LogP contribution in [0.15, 0.2) is 12.2 Å². The standard InChI is InChI=1S/C7H10O2/c1-2-4-7(3-1)8-5-6-9-7/h1-2H,3-6H2. The SMILES string of the molecule is C1=CCC2(C1)OCCO2. The molecule has 0 atom stereocenters. The number of ether oxygens (including phenoxy) is 2. The topological polar surface area (TPSA) is 18.5 Å². The Morgan fingerprint density at radius 2 is 1.56 bits per heavy atom. The smallest absolute Gasteiger partial charge is 0.175 e. The van der Waals surface area contributed by atoms with Gasteiger partial charge >= 0.3 is 0 Å². The first kappa shape index (κ1) is 5.45. The highest BCUT2D eigenvalue weighted by Gasteiger charge is 2.36. The molecule has 50 valence electrons. The van der Waals surface area contributed by atoms with Gasteiger partial charge in [0.1, 0.15) is 0 Å². The summed E-state index contributed by atoms with van der Waals surface area (Å²) in [4.78, 5) is 0. The molecular formula is C7H10O2. The van der Waals surface area contributed by atoms with Gasteiger partial charge in [-0.25, -0.2) is 0 Å². The lowest BCUT2D eigenvalue weighted by Gasteiger charge is -2.19. The van der Waals surface area contributed by atoms with Crippen LogP contribution in [-0.2, 0) is 9.47 Å². The van der Waals surface area contributed by atoms with Gasteiger partial charge < -0.3 is 9.47 Å². The fraction of sp³-hybridized carbons (Fsp3) is 0.714. The summed E-state index contributed by atoms with van der Waals surface area (Å²) in [6, 6.07) is 0. The van der Waals surface area contributed by atoms with Crippen molar-refractivity contribution < 1.29 is 9.47 Å². The van der Waals surface area contributed by atoms with Gasteiger partial charge in [-0.3, -0.25) is 0 Å². The molecule has 1 heterocycles. The number of rotatable bonds is 0. The molecule has 0 saturated carbocycles. The van der Waals surface area contributed by atoms with Gasteiger partial charge in [0.25, 0.3) is 0 Å². The first-order valence-corrected chi connectivity index (χ1v) is 3.34. The Labute approximate surface area is 54.5 Å². The zero-order valence-corrected chi connectivity index (χ0v) is 5.30. The number of hydrogen-bond donors (Lipinski definition) is 0. The molecule has 2 rings (SSSR count). The van der Waals surface area contributed by atoms with Crippen LogP contribution in [0.4, 0.5) is 0 Å². The van der Waals surface area contributed by atoms with Crippen LogP contribution in [0.5, 0.6) is 0 Å². The van der Waals surface area contributed by atoms with E-state index in [1.54, 1.807) is 0 Å². The minimum Gasteiger partial charge on any atom is -0.347 e. The summed E-state index contributed by atoms with van der Waals surface area (Å²) in [5.74, 6) is -0.222. The van der Waals surface area contributed by atoms with Crippen LogP contribution < -0.4 is 0 Å². The predicted octanol–water partition coefficient (Wildman–Crippen LogP) is 1.08. The van der Waals surface area contributed by atoms with Crippen molar-refractivity contribution >= 4 is 0 Å². The fourth-order valence-corrected chi connectivity index (χ4v) is 1.34. The third kappa shape index (κ3) is 0.787. The van der Waals surface area contributed by atoms with E-state index in [0.29, 0.717) is 0 Å². The second-order valence-electron chi connectivity index (χ2n) is 2.49. The molecule has 0 aromatic carbocycles. The lowest BCUT2D eigenvalue weighted by molar-refractivity contribution is -0.145. The van der Waals surface area contributed by atoms with Crippen LogP contribution in [0.25, 0.3) is 0 Å². The lowest BCUT2D eigenvalue weighted by atomic mass is 10.2. The van der Waals surface area contributed by atoms with E-state index in [-0.39, 0.29) is 5.79 Å². The Morgan fingerprint density at radius 3 is 2.11 bits per heavy atom. The van der Waals surface area contributed by atoms with Crippen LogP contribution in [0.3, 0.4) is 0 Å². The highest BCUT2D eigenvalue weighted by molar-refractivity contribution is 5.01. The van der Waals surface area contributed by atoms with Crippen molar-refractivity contribution in [1.82, 2.24) is 0 Å². The van der Waals surface area contributed by atoms with Crippen molar-refractivity contribution in [3.05, 3.63) is 12.2 Å². The minimum atomic E-state index is -0.222. The molecule has 2 heteroatoms. The summed E-state index contributed by atoms with van der Waals surface area (Å²) in [6.07, 6.45) is 6.11. The summed E-state index contributed by atoms with van der Waals surface area (Å²) in [5, 5.41) is 0. The molecule has 1 spiro atoms. The molecule has 1 aliphatic carbocycles. The van der Waals surface area contributed by atoms with Gasteiger partial charge in [-0.15, -0.1) is 0 Å². The van der Waals surface area contributed by atoms with Crippen LogP contribution in [0.1, 0.15) is 12.8 Å². The van der Waals surface area contributed by atoms with Crippen molar-refractivity contribution in [2.45, 2.75) is 18.6 Å². The molecule has 0 bridgehead atoms. The van der Waals surface area contributed by atoms with Crippen molar-refractivity contribution in [1.29, 1.82) is 0 Å². The zero-order valence-electron chi connectivity index (χ0n) is 5.30. The molecule has 0 aromatic heterocycles. The van der Waals surface area contributed by atoms with Crippen molar-refractivity contribution in [3.63, 3.8) is 0 Å². The molecule has 2 nitrogen and oxygen atoms in total. The van der Waals surface area contributed by atoms with Gasteiger partial charge in [0.05, 0.1) is 13.2 Å². The summed E-state index contributed by atoms with van der Waals surface area (Å²) in [6.45, 7) is 1.53. The quantitative estimate of drug-likeness (QED) is 0.452. The lowest BCUT2D eigenvalue weighted by Crippen LogP contribution is -2.25.